The van der Waals surface area contributed by atoms with Gasteiger partial charge in [0.25, 0.3) is 0 Å². The number of fused-ring (bicyclic) bond motifs is 1. The summed E-state index contributed by atoms with van der Waals surface area (Å²) in [4.78, 5) is 26.7. The molecule has 29 heavy (non-hydrogen) atoms. The van der Waals surface area contributed by atoms with Gasteiger partial charge in [0.1, 0.15) is 17.0 Å². The summed E-state index contributed by atoms with van der Waals surface area (Å²) in [5, 5.41) is 6.28. The summed E-state index contributed by atoms with van der Waals surface area (Å²) in [6.45, 7) is 8.82. The van der Waals surface area contributed by atoms with E-state index in [1.54, 1.807) is 17.7 Å². The molecule has 0 bridgehead atoms. The van der Waals surface area contributed by atoms with Crippen molar-refractivity contribution in [2.24, 2.45) is 0 Å². The molecule has 6 nitrogen and oxygen atoms in total. The van der Waals surface area contributed by atoms with Crippen LogP contribution in [0.3, 0.4) is 0 Å². The average molecular weight is 410 g/mol. The number of hydrogen-bond acceptors (Lipinski definition) is 6. The highest BCUT2D eigenvalue weighted by Crippen LogP contribution is 2.38. The molecule has 0 saturated carbocycles. The number of carbonyl (C=O) groups excluding carboxylic acids is 1. The second-order valence-corrected chi connectivity index (χ2v) is 8.36. The lowest BCUT2D eigenvalue weighted by Gasteiger charge is -2.35. The molecule has 1 aliphatic heterocycles. The molecular weight excluding hydrogens is 382 g/mol. The fourth-order valence-electron chi connectivity index (χ4n) is 3.69. The first-order chi connectivity index (χ1) is 14.2. The van der Waals surface area contributed by atoms with Crippen molar-refractivity contribution in [1.29, 1.82) is 0 Å². The van der Waals surface area contributed by atoms with Gasteiger partial charge in [-0.25, -0.2) is 9.97 Å². The van der Waals surface area contributed by atoms with Crippen molar-refractivity contribution in [3.63, 3.8) is 0 Å². The van der Waals surface area contributed by atoms with Gasteiger partial charge in [-0.05, 0) is 18.9 Å². The van der Waals surface area contributed by atoms with Crippen LogP contribution in [0.25, 0.3) is 21.3 Å². The van der Waals surface area contributed by atoms with Crippen LogP contribution in [0.2, 0.25) is 0 Å². The first-order valence-corrected chi connectivity index (χ1v) is 11.1. The Labute approximate surface area is 175 Å². The summed E-state index contributed by atoms with van der Waals surface area (Å²) < 4.78 is 0. The first kappa shape index (κ1) is 19.8. The number of nitrogens with one attached hydrogen (secondary N) is 1. The third-order valence-corrected chi connectivity index (χ3v) is 6.21. The van der Waals surface area contributed by atoms with Crippen molar-refractivity contribution < 1.29 is 4.79 Å². The summed E-state index contributed by atoms with van der Waals surface area (Å²) in [7, 11) is 0. The van der Waals surface area contributed by atoms with Gasteiger partial charge in [-0.15, -0.1) is 11.3 Å². The zero-order chi connectivity index (χ0) is 20.2. The number of nitrogens with zero attached hydrogens (tertiary/aromatic N) is 4. The molecule has 1 N–H and O–H groups in total. The summed E-state index contributed by atoms with van der Waals surface area (Å²) in [5.41, 5.74) is 3.65. The topological polar surface area (TPSA) is 61.4 Å². The number of piperazine rings is 1. The SMILES string of the molecule is CCCNC(=O)CN1CCN(c2ncnc3scc(-c4ccc(C)cc4)c23)CC1. The van der Waals surface area contributed by atoms with Crippen LogP contribution in [-0.4, -0.2) is 60.0 Å². The van der Waals surface area contributed by atoms with E-state index in [0.717, 1.165) is 55.2 Å². The number of hydrogen-bond donors (Lipinski definition) is 1. The molecule has 0 atom stereocenters. The molecule has 3 aromatic rings. The fourth-order valence-corrected chi connectivity index (χ4v) is 4.60. The number of anilines is 1. The molecule has 1 amide bonds. The maximum Gasteiger partial charge on any atom is 0.234 e. The molecule has 1 fully saturated rings. The van der Waals surface area contributed by atoms with Crippen LogP contribution in [0, 0.1) is 6.92 Å². The molecule has 1 aliphatic rings. The molecule has 0 aliphatic carbocycles. The smallest absolute Gasteiger partial charge is 0.234 e. The molecule has 0 spiro atoms. The van der Waals surface area contributed by atoms with Crippen LogP contribution >= 0.6 is 11.3 Å². The van der Waals surface area contributed by atoms with E-state index in [9.17, 15) is 4.79 Å². The van der Waals surface area contributed by atoms with Gasteiger partial charge >= 0.3 is 0 Å². The summed E-state index contributed by atoms with van der Waals surface area (Å²) >= 11 is 1.67. The second-order valence-electron chi connectivity index (χ2n) is 7.51. The van der Waals surface area contributed by atoms with E-state index in [4.69, 9.17) is 0 Å². The van der Waals surface area contributed by atoms with Crippen LogP contribution < -0.4 is 10.2 Å². The molecule has 2 aromatic heterocycles. The number of benzene rings is 1. The molecule has 152 valence electrons. The highest BCUT2D eigenvalue weighted by molar-refractivity contribution is 7.17. The van der Waals surface area contributed by atoms with E-state index in [1.807, 2.05) is 0 Å². The predicted octanol–water partition coefficient (Wildman–Crippen LogP) is 3.31. The quantitative estimate of drug-likeness (QED) is 0.677. The minimum absolute atomic E-state index is 0.115. The molecule has 3 heterocycles. The van der Waals surface area contributed by atoms with Crippen LogP contribution in [0.4, 0.5) is 5.82 Å². The standard InChI is InChI=1S/C22H27N5OS/c1-3-8-23-19(28)13-26-9-11-27(12-10-26)21-20-18(14-29-22(20)25-15-24-21)17-6-4-16(2)5-7-17/h4-7,14-15H,3,8-13H2,1-2H3,(H,23,28). The van der Waals surface area contributed by atoms with Gasteiger partial charge in [0.2, 0.25) is 5.91 Å². The highest BCUT2D eigenvalue weighted by Gasteiger charge is 2.23. The summed E-state index contributed by atoms with van der Waals surface area (Å²) in [6.07, 6.45) is 2.63. The predicted molar refractivity (Wildman–Crippen MR) is 120 cm³/mol. The summed E-state index contributed by atoms with van der Waals surface area (Å²) in [5.74, 6) is 1.12. The number of aryl methyl sites for hydroxylation is 1. The van der Waals surface area contributed by atoms with Gasteiger partial charge in [-0.3, -0.25) is 9.69 Å². The highest BCUT2D eigenvalue weighted by atomic mass is 32.1. The van der Waals surface area contributed by atoms with Crippen LogP contribution in [0.5, 0.6) is 0 Å². The molecule has 1 saturated heterocycles. The lowest BCUT2D eigenvalue weighted by Crippen LogP contribution is -2.49. The Morgan fingerprint density at radius 3 is 2.62 bits per heavy atom. The number of thiophene rings is 1. The van der Waals surface area contributed by atoms with E-state index >= 15 is 0 Å². The Bertz CT molecular complexity index is 977. The molecular formula is C22H27N5OS. The van der Waals surface area contributed by atoms with Crippen molar-refractivity contribution in [2.45, 2.75) is 20.3 Å². The van der Waals surface area contributed by atoms with E-state index in [2.05, 4.69) is 68.6 Å². The van der Waals surface area contributed by atoms with Crippen molar-refractivity contribution in [3.05, 3.63) is 41.5 Å². The largest absolute Gasteiger partial charge is 0.355 e. The number of amides is 1. The zero-order valence-corrected chi connectivity index (χ0v) is 17.8. The van der Waals surface area contributed by atoms with Crippen LogP contribution in [0.1, 0.15) is 18.9 Å². The Balaban J connectivity index is 1.52. The van der Waals surface area contributed by atoms with Gasteiger partial charge in [0.05, 0.1) is 11.9 Å². The van der Waals surface area contributed by atoms with E-state index in [0.29, 0.717) is 6.54 Å². The van der Waals surface area contributed by atoms with E-state index in [1.165, 1.54) is 16.7 Å². The van der Waals surface area contributed by atoms with Gasteiger partial charge < -0.3 is 10.2 Å². The lowest BCUT2D eigenvalue weighted by atomic mass is 10.0. The number of carbonyl (C=O) groups is 1. The van der Waals surface area contributed by atoms with Gasteiger partial charge in [-0.1, -0.05) is 36.8 Å². The first-order valence-electron chi connectivity index (χ1n) is 10.2. The van der Waals surface area contributed by atoms with E-state index < -0.39 is 0 Å². The van der Waals surface area contributed by atoms with Crippen molar-refractivity contribution >= 4 is 33.3 Å². The molecule has 7 heteroatoms. The monoisotopic (exact) mass is 409 g/mol. The third kappa shape index (κ3) is 4.41. The summed E-state index contributed by atoms with van der Waals surface area (Å²) in [6, 6.07) is 8.62. The maximum atomic E-state index is 12.0. The Morgan fingerprint density at radius 2 is 1.90 bits per heavy atom. The Hall–Kier alpha value is -2.51. The zero-order valence-electron chi connectivity index (χ0n) is 17.0. The molecule has 1 aromatic carbocycles. The fraction of sp³-hybridized carbons (Fsp3) is 0.409. The van der Waals surface area contributed by atoms with Crippen molar-refractivity contribution in [2.75, 3.05) is 44.2 Å². The van der Waals surface area contributed by atoms with Crippen LogP contribution in [-0.2, 0) is 4.79 Å². The van der Waals surface area contributed by atoms with Crippen molar-refractivity contribution in [3.8, 4) is 11.1 Å². The van der Waals surface area contributed by atoms with Crippen molar-refractivity contribution in [1.82, 2.24) is 20.2 Å². The number of aromatic nitrogens is 2. The van der Waals surface area contributed by atoms with Gasteiger partial charge in [-0.2, -0.15) is 0 Å². The minimum atomic E-state index is 0.115. The average Bonchev–Trinajstić information content (AvgIpc) is 3.18. The van der Waals surface area contributed by atoms with Gasteiger partial charge in [0, 0.05) is 43.7 Å². The second kappa shape index (κ2) is 8.88. The normalized spacial score (nSPS) is 15.0. The number of rotatable bonds is 6. The van der Waals surface area contributed by atoms with Crippen LogP contribution in [0.15, 0.2) is 36.0 Å². The third-order valence-electron chi connectivity index (χ3n) is 5.32. The Morgan fingerprint density at radius 1 is 1.14 bits per heavy atom. The molecule has 0 radical (unpaired) electrons. The molecule has 0 unspecified atom stereocenters. The minimum Gasteiger partial charge on any atom is -0.355 e. The molecule has 4 rings (SSSR count). The van der Waals surface area contributed by atoms with Gasteiger partial charge in [0.15, 0.2) is 0 Å². The lowest BCUT2D eigenvalue weighted by molar-refractivity contribution is -0.122. The van der Waals surface area contributed by atoms with E-state index in [-0.39, 0.29) is 5.91 Å². The maximum absolute atomic E-state index is 12.0. The Kier molecular flexibility index (Phi) is 6.06.